The van der Waals surface area contributed by atoms with E-state index in [2.05, 4.69) is 53.3 Å². The number of aryl methyl sites for hydroxylation is 2. The molecule has 0 saturated carbocycles. The Hall–Kier alpha value is -0.840. The van der Waals surface area contributed by atoms with Gasteiger partial charge in [0.05, 0.1) is 0 Å². The lowest BCUT2D eigenvalue weighted by molar-refractivity contribution is 0.700. The monoisotopic (exact) mass is 324 g/mol. The number of halogens is 1. The number of hydrogen-bond acceptors (Lipinski definition) is 3. The topological polar surface area (TPSA) is 38.0 Å². The van der Waals surface area contributed by atoms with Gasteiger partial charge < -0.3 is 11.1 Å². The molecule has 0 atom stereocenters. The van der Waals surface area contributed by atoms with Crippen LogP contribution in [0, 0.1) is 13.8 Å². The average molecular weight is 325 g/mol. The van der Waals surface area contributed by atoms with Crippen molar-refractivity contribution in [1.29, 1.82) is 0 Å². The van der Waals surface area contributed by atoms with E-state index in [9.17, 15) is 0 Å². The van der Waals surface area contributed by atoms with Gasteiger partial charge in [0.2, 0.25) is 0 Å². The first-order chi connectivity index (χ1) is 8.56. The van der Waals surface area contributed by atoms with Gasteiger partial charge in [0, 0.05) is 33.0 Å². The molecule has 96 valence electrons. The fraction of sp³-hybridized carbons (Fsp3) is 0.286. The number of rotatable bonds is 4. The van der Waals surface area contributed by atoms with Crippen molar-refractivity contribution in [1.82, 2.24) is 5.32 Å². The molecule has 3 N–H and O–H groups in total. The van der Waals surface area contributed by atoms with Gasteiger partial charge >= 0.3 is 0 Å². The zero-order chi connectivity index (χ0) is 13.1. The lowest BCUT2D eigenvalue weighted by atomic mass is 10.2. The molecule has 0 aliphatic carbocycles. The van der Waals surface area contributed by atoms with Gasteiger partial charge in [-0.3, -0.25) is 0 Å². The quantitative estimate of drug-likeness (QED) is 0.834. The SMILES string of the molecule is Cc1cc(CNCc2ccc(N)c(Br)c2)sc1C. The molecule has 0 amide bonds. The first kappa shape index (κ1) is 13.6. The van der Waals surface area contributed by atoms with Crippen LogP contribution >= 0.6 is 27.3 Å². The minimum Gasteiger partial charge on any atom is -0.398 e. The Morgan fingerprint density at radius 3 is 2.61 bits per heavy atom. The van der Waals surface area contributed by atoms with Crippen molar-refractivity contribution in [2.24, 2.45) is 0 Å². The zero-order valence-electron chi connectivity index (χ0n) is 10.6. The van der Waals surface area contributed by atoms with E-state index in [0.717, 1.165) is 23.2 Å². The van der Waals surface area contributed by atoms with Crippen LogP contribution in [-0.2, 0) is 13.1 Å². The van der Waals surface area contributed by atoms with Crippen molar-refractivity contribution < 1.29 is 0 Å². The average Bonchev–Trinajstić information content (AvgIpc) is 2.63. The maximum Gasteiger partial charge on any atom is 0.0458 e. The van der Waals surface area contributed by atoms with Gasteiger partial charge in [-0.05, 0) is 59.1 Å². The highest BCUT2D eigenvalue weighted by atomic mass is 79.9. The highest BCUT2D eigenvalue weighted by Gasteiger charge is 2.02. The summed E-state index contributed by atoms with van der Waals surface area (Å²) in [7, 11) is 0. The summed E-state index contributed by atoms with van der Waals surface area (Å²) in [5.41, 5.74) is 9.16. The van der Waals surface area contributed by atoms with Crippen molar-refractivity contribution in [3.63, 3.8) is 0 Å². The molecule has 0 aliphatic rings. The zero-order valence-corrected chi connectivity index (χ0v) is 13.0. The van der Waals surface area contributed by atoms with E-state index in [1.165, 1.54) is 20.9 Å². The molecule has 1 aromatic heterocycles. The Balaban J connectivity index is 1.90. The Morgan fingerprint density at radius 2 is 2.00 bits per heavy atom. The van der Waals surface area contributed by atoms with Crippen LogP contribution in [0.3, 0.4) is 0 Å². The number of nitrogens with one attached hydrogen (secondary N) is 1. The Bertz CT molecular complexity index is 529. The predicted octanol–water partition coefficient (Wildman–Crippen LogP) is 4.00. The lowest BCUT2D eigenvalue weighted by Crippen LogP contribution is -2.11. The minimum atomic E-state index is 0.781. The maximum absolute atomic E-state index is 5.76. The van der Waals surface area contributed by atoms with Gasteiger partial charge in [-0.25, -0.2) is 0 Å². The van der Waals surface area contributed by atoms with E-state index in [1.807, 2.05) is 17.4 Å². The van der Waals surface area contributed by atoms with E-state index in [0.29, 0.717) is 0 Å². The molecule has 2 rings (SSSR count). The standard InChI is InChI=1S/C14H17BrN2S/c1-9-5-12(18-10(9)2)8-17-7-11-3-4-14(16)13(15)6-11/h3-6,17H,7-8,16H2,1-2H3. The van der Waals surface area contributed by atoms with Crippen molar-refractivity contribution in [2.75, 3.05) is 5.73 Å². The number of benzene rings is 1. The van der Waals surface area contributed by atoms with Gasteiger partial charge in [0.25, 0.3) is 0 Å². The molecule has 1 aromatic carbocycles. The van der Waals surface area contributed by atoms with Crippen LogP contribution in [0.1, 0.15) is 20.9 Å². The summed E-state index contributed by atoms with van der Waals surface area (Å²) < 4.78 is 0.963. The first-order valence-electron chi connectivity index (χ1n) is 5.87. The van der Waals surface area contributed by atoms with Gasteiger partial charge in [-0.2, -0.15) is 0 Å². The summed E-state index contributed by atoms with van der Waals surface area (Å²) in [6.07, 6.45) is 0. The van der Waals surface area contributed by atoms with Crippen LogP contribution in [-0.4, -0.2) is 0 Å². The molecule has 0 radical (unpaired) electrons. The Kier molecular flexibility index (Phi) is 4.43. The van der Waals surface area contributed by atoms with Crippen LogP contribution in [0.5, 0.6) is 0 Å². The van der Waals surface area contributed by atoms with Crippen LogP contribution in [0.15, 0.2) is 28.7 Å². The summed E-state index contributed by atoms with van der Waals surface area (Å²) in [5, 5.41) is 3.45. The van der Waals surface area contributed by atoms with Crippen LogP contribution in [0.25, 0.3) is 0 Å². The summed E-state index contributed by atoms with van der Waals surface area (Å²) in [4.78, 5) is 2.79. The summed E-state index contributed by atoms with van der Waals surface area (Å²) >= 11 is 5.31. The summed E-state index contributed by atoms with van der Waals surface area (Å²) in [6.45, 7) is 6.10. The van der Waals surface area contributed by atoms with Crippen molar-refractivity contribution >= 4 is 33.0 Å². The molecular formula is C14H17BrN2S. The molecule has 2 aromatic rings. The maximum atomic E-state index is 5.76. The second kappa shape index (κ2) is 5.87. The molecule has 18 heavy (non-hydrogen) atoms. The number of hydrogen-bond donors (Lipinski definition) is 2. The largest absolute Gasteiger partial charge is 0.398 e. The molecule has 0 aliphatic heterocycles. The number of thiophene rings is 1. The number of nitrogens with two attached hydrogens (primary N) is 1. The Morgan fingerprint density at radius 1 is 1.22 bits per heavy atom. The van der Waals surface area contributed by atoms with E-state index >= 15 is 0 Å². The summed E-state index contributed by atoms with van der Waals surface area (Å²) in [5.74, 6) is 0. The second-order valence-electron chi connectivity index (χ2n) is 4.41. The fourth-order valence-electron chi connectivity index (χ4n) is 1.75. The molecule has 0 fully saturated rings. The number of anilines is 1. The smallest absolute Gasteiger partial charge is 0.0458 e. The molecule has 0 unspecified atom stereocenters. The van der Waals surface area contributed by atoms with Gasteiger partial charge in [0.1, 0.15) is 0 Å². The van der Waals surface area contributed by atoms with Crippen molar-refractivity contribution in [2.45, 2.75) is 26.9 Å². The normalized spacial score (nSPS) is 10.8. The van der Waals surface area contributed by atoms with Crippen LogP contribution in [0.2, 0.25) is 0 Å². The minimum absolute atomic E-state index is 0.781. The molecule has 2 nitrogen and oxygen atoms in total. The first-order valence-corrected chi connectivity index (χ1v) is 7.47. The van der Waals surface area contributed by atoms with Gasteiger partial charge in [-0.15, -0.1) is 11.3 Å². The van der Waals surface area contributed by atoms with Crippen LogP contribution < -0.4 is 11.1 Å². The third-order valence-electron chi connectivity index (χ3n) is 2.91. The lowest BCUT2D eigenvalue weighted by Gasteiger charge is -2.05. The third-order valence-corrected chi connectivity index (χ3v) is 4.75. The number of nitrogen functional groups attached to an aromatic ring is 1. The van der Waals surface area contributed by atoms with E-state index < -0.39 is 0 Å². The van der Waals surface area contributed by atoms with Crippen molar-refractivity contribution in [3.05, 3.63) is 49.6 Å². The molecule has 0 bridgehead atoms. The van der Waals surface area contributed by atoms with Crippen LogP contribution in [0.4, 0.5) is 5.69 Å². The highest BCUT2D eigenvalue weighted by Crippen LogP contribution is 2.22. The highest BCUT2D eigenvalue weighted by molar-refractivity contribution is 9.10. The van der Waals surface area contributed by atoms with Crippen molar-refractivity contribution in [3.8, 4) is 0 Å². The van der Waals surface area contributed by atoms with E-state index in [4.69, 9.17) is 5.73 Å². The third kappa shape index (κ3) is 3.34. The fourth-order valence-corrected chi connectivity index (χ4v) is 3.20. The van der Waals surface area contributed by atoms with E-state index in [1.54, 1.807) is 0 Å². The molecule has 0 spiro atoms. The molecular weight excluding hydrogens is 308 g/mol. The van der Waals surface area contributed by atoms with Gasteiger partial charge in [-0.1, -0.05) is 6.07 Å². The van der Waals surface area contributed by atoms with Gasteiger partial charge in [0.15, 0.2) is 0 Å². The Labute approximate surface area is 120 Å². The molecule has 1 heterocycles. The molecule has 4 heteroatoms. The second-order valence-corrected chi connectivity index (χ2v) is 6.61. The molecule has 0 saturated heterocycles. The predicted molar refractivity (Wildman–Crippen MR) is 82.9 cm³/mol. The van der Waals surface area contributed by atoms with E-state index in [-0.39, 0.29) is 0 Å². The summed E-state index contributed by atoms with van der Waals surface area (Å²) in [6, 6.07) is 8.30.